The molecule has 0 atom stereocenters. The minimum absolute atomic E-state index is 0.118. The van der Waals surface area contributed by atoms with Gasteiger partial charge in [-0.15, -0.1) is 22.7 Å². The smallest absolute Gasteiger partial charge is 0.251 e. The molecule has 0 aliphatic carbocycles. The van der Waals surface area contributed by atoms with Crippen LogP contribution in [0.2, 0.25) is 0 Å². The van der Waals surface area contributed by atoms with Crippen LogP contribution >= 0.6 is 22.7 Å². The summed E-state index contributed by atoms with van der Waals surface area (Å²) in [5, 5.41) is 7.05. The zero-order valence-electron chi connectivity index (χ0n) is 16.5. The molecule has 0 aliphatic rings. The highest BCUT2D eigenvalue weighted by Crippen LogP contribution is 2.35. The van der Waals surface area contributed by atoms with Gasteiger partial charge in [0.2, 0.25) is 0 Å². The van der Waals surface area contributed by atoms with Crippen LogP contribution in [0.5, 0.6) is 0 Å². The van der Waals surface area contributed by atoms with Gasteiger partial charge in [0.05, 0.1) is 20.8 Å². The van der Waals surface area contributed by atoms with Crippen molar-refractivity contribution < 1.29 is 4.79 Å². The molecule has 0 spiro atoms. The topological polar surface area (TPSA) is 67.8 Å². The molecule has 1 amide bonds. The van der Waals surface area contributed by atoms with Crippen molar-refractivity contribution in [2.75, 3.05) is 6.54 Å². The second kappa shape index (κ2) is 8.75. The summed E-state index contributed by atoms with van der Waals surface area (Å²) in [4.78, 5) is 28.7. The third kappa shape index (κ3) is 4.23. The Morgan fingerprint density at radius 3 is 2.26 bits per heavy atom. The number of nitrogens with zero attached hydrogens (tertiary/aromatic N) is 3. The van der Waals surface area contributed by atoms with Crippen LogP contribution in [-0.4, -0.2) is 27.4 Å². The number of pyridine rings is 1. The van der Waals surface area contributed by atoms with Crippen molar-refractivity contribution in [3.05, 3.63) is 88.9 Å². The van der Waals surface area contributed by atoms with Crippen LogP contribution < -0.4 is 5.32 Å². The molecule has 7 heteroatoms. The lowest BCUT2D eigenvalue weighted by molar-refractivity contribution is 0.0954. The van der Waals surface area contributed by atoms with Crippen LogP contribution in [0.4, 0.5) is 0 Å². The van der Waals surface area contributed by atoms with Gasteiger partial charge in [-0.05, 0) is 59.1 Å². The number of hydrogen-bond donors (Lipinski definition) is 1. The lowest BCUT2D eigenvalue weighted by Crippen LogP contribution is -2.25. The van der Waals surface area contributed by atoms with Crippen LogP contribution in [0.15, 0.2) is 77.8 Å². The summed E-state index contributed by atoms with van der Waals surface area (Å²) in [6.45, 7) is 0.548. The van der Waals surface area contributed by atoms with Crippen LogP contribution in [0.1, 0.15) is 15.9 Å². The predicted molar refractivity (Wildman–Crippen MR) is 126 cm³/mol. The molecule has 0 unspecified atom stereocenters. The Labute approximate surface area is 187 Å². The quantitative estimate of drug-likeness (QED) is 0.379. The van der Waals surface area contributed by atoms with Gasteiger partial charge >= 0.3 is 0 Å². The Morgan fingerprint density at radius 1 is 0.871 bits per heavy atom. The molecular formula is C24H18N4OS2. The molecule has 0 saturated heterocycles. The zero-order valence-corrected chi connectivity index (χ0v) is 18.1. The third-order valence-electron chi connectivity index (χ3n) is 4.86. The van der Waals surface area contributed by atoms with Crippen LogP contribution in [0.25, 0.3) is 32.2 Å². The Bertz CT molecular complexity index is 1320. The minimum atomic E-state index is -0.118. The maximum atomic E-state index is 12.7. The van der Waals surface area contributed by atoms with Gasteiger partial charge in [0, 0.05) is 24.5 Å². The van der Waals surface area contributed by atoms with Gasteiger partial charge in [-0.2, -0.15) is 0 Å². The van der Waals surface area contributed by atoms with E-state index >= 15 is 0 Å². The van der Waals surface area contributed by atoms with E-state index < -0.39 is 0 Å². The van der Waals surface area contributed by atoms with E-state index in [0.29, 0.717) is 17.6 Å². The molecule has 4 aromatic heterocycles. The summed E-state index contributed by atoms with van der Waals surface area (Å²) >= 11 is 3.28. The molecule has 5 nitrogen and oxygen atoms in total. The number of fused-ring (bicyclic) bond motifs is 1. The second-order valence-electron chi connectivity index (χ2n) is 6.95. The number of benzene rings is 1. The van der Waals surface area contributed by atoms with Crippen molar-refractivity contribution in [3.8, 4) is 21.1 Å². The average molecular weight is 443 g/mol. The van der Waals surface area contributed by atoms with Crippen LogP contribution in [-0.2, 0) is 6.42 Å². The molecule has 5 rings (SSSR count). The maximum Gasteiger partial charge on any atom is 0.251 e. The molecule has 1 N–H and O–H groups in total. The number of rotatable bonds is 6. The highest BCUT2D eigenvalue weighted by molar-refractivity contribution is 7.14. The van der Waals surface area contributed by atoms with Crippen molar-refractivity contribution >= 4 is 39.6 Å². The second-order valence-corrected chi connectivity index (χ2v) is 8.84. The normalized spacial score (nSPS) is 11.0. The Hall–Kier alpha value is -3.42. The lowest BCUT2D eigenvalue weighted by Gasteiger charge is -2.09. The van der Waals surface area contributed by atoms with Crippen LogP contribution in [0.3, 0.4) is 0 Å². The standard InChI is InChI=1S/C24H18N4OS2/c29-24(26-11-9-16-4-1-10-25-15-16)17-7-8-18-19(14-17)28-23(21-6-3-13-31-21)22(27-18)20-5-2-12-30-20/h1-8,10,12-15H,9,11H2,(H,26,29). The minimum Gasteiger partial charge on any atom is -0.352 e. The SMILES string of the molecule is O=C(NCCc1cccnc1)c1ccc2nc(-c3cccs3)c(-c3cccs3)nc2c1. The first kappa shape index (κ1) is 19.5. The van der Waals surface area contributed by atoms with Gasteiger partial charge in [-0.1, -0.05) is 18.2 Å². The predicted octanol–water partition coefficient (Wildman–Crippen LogP) is 5.45. The number of aromatic nitrogens is 3. The molecule has 0 saturated carbocycles. The summed E-state index contributed by atoms with van der Waals surface area (Å²) in [5.41, 5.74) is 4.87. The zero-order chi connectivity index (χ0) is 21.0. The van der Waals surface area contributed by atoms with Crippen molar-refractivity contribution in [3.63, 3.8) is 0 Å². The maximum absolute atomic E-state index is 12.7. The van der Waals surface area contributed by atoms with E-state index in [2.05, 4.69) is 16.4 Å². The van der Waals surface area contributed by atoms with Crippen molar-refractivity contribution in [1.29, 1.82) is 0 Å². The van der Waals surface area contributed by atoms with Gasteiger partial charge in [0.15, 0.2) is 0 Å². The third-order valence-corrected chi connectivity index (χ3v) is 6.61. The van der Waals surface area contributed by atoms with E-state index in [-0.39, 0.29) is 5.91 Å². The monoisotopic (exact) mass is 442 g/mol. The average Bonchev–Trinajstić information content (AvgIpc) is 3.53. The largest absolute Gasteiger partial charge is 0.352 e. The molecule has 0 fully saturated rings. The fraction of sp³-hybridized carbons (Fsp3) is 0.0833. The van der Waals surface area contributed by atoms with Crippen molar-refractivity contribution in [2.24, 2.45) is 0 Å². The Balaban J connectivity index is 1.44. The van der Waals surface area contributed by atoms with Crippen molar-refractivity contribution in [1.82, 2.24) is 20.3 Å². The highest BCUT2D eigenvalue weighted by atomic mass is 32.1. The molecule has 0 aliphatic heterocycles. The molecule has 5 aromatic rings. The van der Waals surface area contributed by atoms with Gasteiger partial charge in [0.25, 0.3) is 5.91 Å². The molecule has 1 aromatic carbocycles. The molecule has 31 heavy (non-hydrogen) atoms. The number of hydrogen-bond acceptors (Lipinski definition) is 6. The van der Waals surface area contributed by atoms with Gasteiger partial charge in [0.1, 0.15) is 11.4 Å². The number of nitrogens with one attached hydrogen (secondary N) is 1. The molecule has 0 bridgehead atoms. The summed E-state index contributed by atoms with van der Waals surface area (Å²) < 4.78 is 0. The van der Waals surface area contributed by atoms with Gasteiger partial charge in [-0.25, -0.2) is 9.97 Å². The number of amides is 1. The molecular weight excluding hydrogens is 424 g/mol. The van der Waals surface area contributed by atoms with E-state index in [1.54, 1.807) is 34.9 Å². The number of carbonyl (C=O) groups is 1. The van der Waals surface area contributed by atoms with E-state index in [1.807, 2.05) is 59.4 Å². The first-order valence-electron chi connectivity index (χ1n) is 9.84. The highest BCUT2D eigenvalue weighted by Gasteiger charge is 2.16. The first-order chi connectivity index (χ1) is 15.3. The molecule has 4 heterocycles. The summed E-state index contributed by atoms with van der Waals surface area (Å²) in [6, 6.07) is 17.5. The first-order valence-corrected chi connectivity index (χ1v) is 11.6. The van der Waals surface area contributed by atoms with Gasteiger partial charge in [-0.3, -0.25) is 9.78 Å². The van der Waals surface area contributed by atoms with E-state index in [9.17, 15) is 4.79 Å². The Kier molecular flexibility index (Phi) is 5.52. The van der Waals surface area contributed by atoms with E-state index in [4.69, 9.17) is 9.97 Å². The number of thiophene rings is 2. The Morgan fingerprint density at radius 2 is 1.61 bits per heavy atom. The summed E-state index contributed by atoms with van der Waals surface area (Å²) in [7, 11) is 0. The van der Waals surface area contributed by atoms with E-state index in [0.717, 1.165) is 38.6 Å². The lowest BCUT2D eigenvalue weighted by atomic mass is 10.1. The molecule has 152 valence electrons. The summed E-state index contributed by atoms with van der Waals surface area (Å²) in [6.07, 6.45) is 4.29. The fourth-order valence-electron chi connectivity index (χ4n) is 3.33. The van der Waals surface area contributed by atoms with Crippen molar-refractivity contribution in [2.45, 2.75) is 6.42 Å². The summed E-state index contributed by atoms with van der Waals surface area (Å²) in [5.74, 6) is -0.118. The van der Waals surface area contributed by atoms with Gasteiger partial charge < -0.3 is 5.32 Å². The molecule has 0 radical (unpaired) electrons. The number of carbonyl (C=O) groups excluding carboxylic acids is 1. The van der Waals surface area contributed by atoms with Crippen LogP contribution in [0, 0.1) is 0 Å². The van der Waals surface area contributed by atoms with E-state index in [1.165, 1.54) is 0 Å². The fourth-order valence-corrected chi connectivity index (χ4v) is 4.76.